The van der Waals surface area contributed by atoms with Crippen LogP contribution in [0.3, 0.4) is 0 Å². The van der Waals surface area contributed by atoms with Crippen LogP contribution in [0.2, 0.25) is 0 Å². The highest BCUT2D eigenvalue weighted by atomic mass is 15.4. The van der Waals surface area contributed by atoms with Gasteiger partial charge in [-0.2, -0.15) is 0 Å². The van der Waals surface area contributed by atoms with E-state index in [-0.39, 0.29) is 0 Å². The van der Waals surface area contributed by atoms with Gasteiger partial charge in [0.1, 0.15) is 6.17 Å². The molecule has 0 fully saturated rings. The van der Waals surface area contributed by atoms with Crippen molar-refractivity contribution in [3.05, 3.63) is 12.4 Å². The van der Waals surface area contributed by atoms with E-state index in [2.05, 4.69) is 43.0 Å². The fourth-order valence-corrected chi connectivity index (χ4v) is 2.59. The molecule has 0 bridgehead atoms. The summed E-state index contributed by atoms with van der Waals surface area (Å²) in [5.74, 6) is 0. The van der Waals surface area contributed by atoms with Crippen LogP contribution in [0.1, 0.15) is 65.7 Å². The van der Waals surface area contributed by atoms with Crippen LogP contribution in [0.15, 0.2) is 12.4 Å². The maximum atomic E-state index is 2.54. The van der Waals surface area contributed by atoms with Gasteiger partial charge in [0.05, 0.1) is 0 Å². The first kappa shape index (κ1) is 14.4. The zero-order valence-electron chi connectivity index (χ0n) is 12.0. The molecule has 0 spiro atoms. The zero-order chi connectivity index (χ0) is 12.5. The third-order valence-corrected chi connectivity index (χ3v) is 3.65. The Labute approximate surface area is 108 Å². The van der Waals surface area contributed by atoms with E-state index in [0.29, 0.717) is 6.17 Å². The molecule has 1 rings (SSSR count). The van der Waals surface area contributed by atoms with Gasteiger partial charge >= 0.3 is 0 Å². The molecule has 100 valence electrons. The summed E-state index contributed by atoms with van der Waals surface area (Å²) in [5, 5.41) is 0. The molecule has 1 unspecified atom stereocenters. The largest absolute Gasteiger partial charge is 0.356 e. The van der Waals surface area contributed by atoms with Gasteiger partial charge in [0, 0.05) is 25.5 Å². The predicted molar refractivity (Wildman–Crippen MR) is 75.7 cm³/mol. The molecule has 0 radical (unpaired) electrons. The summed E-state index contributed by atoms with van der Waals surface area (Å²) in [7, 11) is 0. The summed E-state index contributed by atoms with van der Waals surface area (Å²) in [5.41, 5.74) is 0. The van der Waals surface area contributed by atoms with Gasteiger partial charge in [0.15, 0.2) is 0 Å². The normalized spacial score (nSPS) is 19.4. The maximum absolute atomic E-state index is 2.54. The Kier molecular flexibility index (Phi) is 7.14. The van der Waals surface area contributed by atoms with E-state index >= 15 is 0 Å². The van der Waals surface area contributed by atoms with Gasteiger partial charge < -0.3 is 9.80 Å². The van der Waals surface area contributed by atoms with Crippen molar-refractivity contribution in [1.82, 2.24) is 9.80 Å². The highest BCUT2D eigenvalue weighted by molar-refractivity contribution is 4.96. The fourth-order valence-electron chi connectivity index (χ4n) is 2.59. The Balaban J connectivity index is 2.24. The zero-order valence-corrected chi connectivity index (χ0v) is 12.0. The Morgan fingerprint density at radius 1 is 0.824 bits per heavy atom. The number of hydrogen-bond donors (Lipinski definition) is 0. The van der Waals surface area contributed by atoms with Gasteiger partial charge in [-0.1, -0.05) is 46.0 Å². The van der Waals surface area contributed by atoms with Crippen molar-refractivity contribution in [2.45, 2.75) is 71.9 Å². The highest BCUT2D eigenvalue weighted by Gasteiger charge is 2.23. The Hall–Kier alpha value is -0.660. The molecule has 0 saturated heterocycles. The van der Waals surface area contributed by atoms with Gasteiger partial charge in [-0.15, -0.1) is 0 Å². The summed E-state index contributed by atoms with van der Waals surface area (Å²) in [6.45, 7) is 9.18. The summed E-state index contributed by atoms with van der Waals surface area (Å²) >= 11 is 0. The SMILES string of the molecule is CCCCCCCN1C=CN(CC)C1CCC. The van der Waals surface area contributed by atoms with E-state index in [4.69, 9.17) is 0 Å². The van der Waals surface area contributed by atoms with Crippen LogP contribution >= 0.6 is 0 Å². The van der Waals surface area contributed by atoms with Gasteiger partial charge in [-0.25, -0.2) is 0 Å². The first-order valence-electron chi connectivity index (χ1n) is 7.53. The molecular formula is C15H30N2. The lowest BCUT2D eigenvalue weighted by molar-refractivity contribution is 0.145. The molecule has 0 aromatic heterocycles. The Morgan fingerprint density at radius 2 is 1.53 bits per heavy atom. The minimum Gasteiger partial charge on any atom is -0.356 e. The molecule has 0 amide bonds. The Bertz CT molecular complexity index is 213. The lowest BCUT2D eigenvalue weighted by Crippen LogP contribution is -2.38. The first-order valence-corrected chi connectivity index (χ1v) is 7.53. The van der Waals surface area contributed by atoms with Crippen molar-refractivity contribution in [3.8, 4) is 0 Å². The summed E-state index contributed by atoms with van der Waals surface area (Å²) in [6, 6.07) is 0. The maximum Gasteiger partial charge on any atom is 0.101 e. The number of unbranched alkanes of at least 4 members (excludes halogenated alkanes) is 4. The average Bonchev–Trinajstić information content (AvgIpc) is 2.72. The van der Waals surface area contributed by atoms with Crippen molar-refractivity contribution in [3.63, 3.8) is 0 Å². The smallest absolute Gasteiger partial charge is 0.101 e. The third-order valence-electron chi connectivity index (χ3n) is 3.65. The minimum atomic E-state index is 0.635. The monoisotopic (exact) mass is 238 g/mol. The minimum absolute atomic E-state index is 0.635. The lowest BCUT2D eigenvalue weighted by Gasteiger charge is -2.32. The van der Waals surface area contributed by atoms with Crippen LogP contribution in [-0.2, 0) is 0 Å². The molecule has 1 aliphatic rings. The van der Waals surface area contributed by atoms with Crippen LogP contribution in [0.4, 0.5) is 0 Å². The average molecular weight is 238 g/mol. The summed E-state index contributed by atoms with van der Waals surface area (Å²) in [4.78, 5) is 5.01. The molecule has 0 saturated carbocycles. The molecule has 0 aromatic rings. The molecule has 0 aliphatic carbocycles. The van der Waals surface area contributed by atoms with Crippen LogP contribution in [0.25, 0.3) is 0 Å². The van der Waals surface area contributed by atoms with Gasteiger partial charge in [0.25, 0.3) is 0 Å². The van der Waals surface area contributed by atoms with E-state index in [1.165, 1.54) is 51.5 Å². The van der Waals surface area contributed by atoms with Crippen molar-refractivity contribution in [2.75, 3.05) is 13.1 Å². The van der Waals surface area contributed by atoms with Crippen LogP contribution < -0.4 is 0 Å². The molecule has 1 aliphatic heterocycles. The predicted octanol–water partition coefficient (Wildman–Crippen LogP) is 4.19. The molecule has 0 aromatic carbocycles. The van der Waals surface area contributed by atoms with Crippen molar-refractivity contribution < 1.29 is 0 Å². The summed E-state index contributed by atoms with van der Waals surface area (Å²) < 4.78 is 0. The topological polar surface area (TPSA) is 6.48 Å². The number of rotatable bonds is 9. The molecule has 1 atom stereocenters. The lowest BCUT2D eigenvalue weighted by atomic mass is 10.1. The van der Waals surface area contributed by atoms with Crippen molar-refractivity contribution >= 4 is 0 Å². The molecule has 17 heavy (non-hydrogen) atoms. The second kappa shape index (κ2) is 8.43. The second-order valence-electron chi connectivity index (χ2n) is 5.05. The van der Waals surface area contributed by atoms with E-state index in [1.807, 2.05) is 0 Å². The van der Waals surface area contributed by atoms with Gasteiger partial charge in [-0.3, -0.25) is 0 Å². The van der Waals surface area contributed by atoms with E-state index in [1.54, 1.807) is 0 Å². The van der Waals surface area contributed by atoms with Crippen molar-refractivity contribution in [2.24, 2.45) is 0 Å². The molecule has 0 N–H and O–H groups in total. The summed E-state index contributed by atoms with van der Waals surface area (Å²) in [6.07, 6.45) is 14.6. The van der Waals surface area contributed by atoms with Gasteiger partial charge in [-0.05, 0) is 19.8 Å². The van der Waals surface area contributed by atoms with Crippen molar-refractivity contribution in [1.29, 1.82) is 0 Å². The second-order valence-corrected chi connectivity index (χ2v) is 5.05. The van der Waals surface area contributed by atoms with E-state index < -0.39 is 0 Å². The third kappa shape index (κ3) is 4.61. The van der Waals surface area contributed by atoms with E-state index in [0.717, 1.165) is 6.54 Å². The molecule has 2 heteroatoms. The van der Waals surface area contributed by atoms with Crippen LogP contribution in [-0.4, -0.2) is 29.1 Å². The quantitative estimate of drug-likeness (QED) is 0.556. The fraction of sp³-hybridized carbons (Fsp3) is 0.867. The van der Waals surface area contributed by atoms with E-state index in [9.17, 15) is 0 Å². The molecule has 1 heterocycles. The standard InChI is InChI=1S/C15H30N2/c1-4-7-8-9-10-12-17-14-13-16(6-3)15(17)11-5-2/h13-15H,4-12H2,1-3H3. The van der Waals surface area contributed by atoms with Crippen LogP contribution in [0, 0.1) is 0 Å². The first-order chi connectivity index (χ1) is 8.33. The number of hydrogen-bond acceptors (Lipinski definition) is 2. The number of nitrogens with zero attached hydrogens (tertiary/aromatic N) is 2. The van der Waals surface area contributed by atoms with Gasteiger partial charge in [0.2, 0.25) is 0 Å². The van der Waals surface area contributed by atoms with Crippen LogP contribution in [0.5, 0.6) is 0 Å². The molecular weight excluding hydrogens is 208 g/mol. The molecule has 2 nitrogen and oxygen atoms in total. The Morgan fingerprint density at radius 3 is 2.18 bits per heavy atom. The highest BCUT2D eigenvalue weighted by Crippen LogP contribution is 2.20.